The summed E-state index contributed by atoms with van der Waals surface area (Å²) in [4.78, 5) is 0. The Hall–Kier alpha value is -0.290. The first kappa shape index (κ1) is 12.8. The van der Waals surface area contributed by atoms with Crippen molar-refractivity contribution in [1.29, 1.82) is 0 Å². The average molecular weight is 297 g/mol. The third-order valence-corrected chi connectivity index (χ3v) is 3.00. The third-order valence-electron chi connectivity index (χ3n) is 1.79. The lowest BCUT2D eigenvalue weighted by Gasteiger charge is -2.12. The number of thiol groups is 1. The Morgan fingerprint density at radius 2 is 2.13 bits per heavy atom. The largest absolute Gasteiger partial charge is 0.489 e. The molecular formula is C10H11BrF2OS. The normalized spacial score (nSPS) is 12.6. The lowest BCUT2D eigenvalue weighted by atomic mass is 10.2. The van der Waals surface area contributed by atoms with Gasteiger partial charge in [0.2, 0.25) is 0 Å². The van der Waals surface area contributed by atoms with Gasteiger partial charge in [-0.2, -0.15) is 12.6 Å². The van der Waals surface area contributed by atoms with Crippen LogP contribution in [-0.2, 0) is 0 Å². The Morgan fingerprint density at radius 3 is 2.67 bits per heavy atom. The summed E-state index contributed by atoms with van der Waals surface area (Å²) in [5.74, 6) is -0.419. The molecule has 0 aliphatic carbocycles. The fourth-order valence-electron chi connectivity index (χ4n) is 0.945. The molecular weight excluding hydrogens is 286 g/mol. The van der Waals surface area contributed by atoms with Crippen molar-refractivity contribution in [1.82, 2.24) is 0 Å². The SMILES string of the molecule is CC(CS)COc1c(F)cc(F)cc1Br. The Balaban J connectivity index is 2.77. The van der Waals surface area contributed by atoms with E-state index < -0.39 is 11.6 Å². The predicted octanol–water partition coefficient (Wildman–Crippen LogP) is 3.67. The van der Waals surface area contributed by atoms with Crippen LogP contribution in [0.25, 0.3) is 0 Å². The molecule has 0 bridgehead atoms. The van der Waals surface area contributed by atoms with E-state index in [-0.39, 0.29) is 16.1 Å². The number of benzene rings is 1. The maximum Gasteiger partial charge on any atom is 0.169 e. The van der Waals surface area contributed by atoms with Crippen LogP contribution in [0.4, 0.5) is 8.78 Å². The first-order chi connectivity index (χ1) is 7.04. The highest BCUT2D eigenvalue weighted by Crippen LogP contribution is 2.29. The van der Waals surface area contributed by atoms with E-state index in [1.165, 1.54) is 6.07 Å². The Kier molecular flexibility index (Phi) is 4.86. The van der Waals surface area contributed by atoms with Crippen LogP contribution in [0.3, 0.4) is 0 Å². The quantitative estimate of drug-likeness (QED) is 0.834. The van der Waals surface area contributed by atoms with E-state index in [9.17, 15) is 8.78 Å². The van der Waals surface area contributed by atoms with Gasteiger partial charge in [-0.05, 0) is 33.7 Å². The Morgan fingerprint density at radius 1 is 1.47 bits per heavy atom. The number of ether oxygens (including phenoxy) is 1. The lowest BCUT2D eigenvalue weighted by molar-refractivity contribution is 0.259. The van der Waals surface area contributed by atoms with Crippen LogP contribution in [0.2, 0.25) is 0 Å². The van der Waals surface area contributed by atoms with Gasteiger partial charge in [0.25, 0.3) is 0 Å². The third kappa shape index (κ3) is 3.65. The highest BCUT2D eigenvalue weighted by atomic mass is 79.9. The van der Waals surface area contributed by atoms with Crippen LogP contribution >= 0.6 is 28.6 Å². The molecule has 1 aromatic carbocycles. The van der Waals surface area contributed by atoms with Crippen LogP contribution in [0.1, 0.15) is 6.92 Å². The molecule has 0 heterocycles. The maximum absolute atomic E-state index is 13.3. The molecule has 1 unspecified atom stereocenters. The van der Waals surface area contributed by atoms with Crippen LogP contribution < -0.4 is 4.74 Å². The second-order valence-electron chi connectivity index (χ2n) is 3.30. The van der Waals surface area contributed by atoms with E-state index >= 15 is 0 Å². The second kappa shape index (κ2) is 5.70. The molecule has 84 valence electrons. The summed E-state index contributed by atoms with van der Waals surface area (Å²) in [5, 5.41) is 0. The number of halogens is 3. The van der Waals surface area contributed by atoms with Crippen molar-refractivity contribution in [3.63, 3.8) is 0 Å². The molecule has 0 radical (unpaired) electrons. The minimum Gasteiger partial charge on any atom is -0.489 e. The number of hydrogen-bond acceptors (Lipinski definition) is 2. The molecule has 0 N–H and O–H groups in total. The van der Waals surface area contributed by atoms with Gasteiger partial charge in [-0.15, -0.1) is 0 Å². The van der Waals surface area contributed by atoms with Gasteiger partial charge < -0.3 is 4.74 Å². The minimum atomic E-state index is -0.701. The Labute approximate surface area is 101 Å². The van der Waals surface area contributed by atoms with Gasteiger partial charge in [0.15, 0.2) is 11.6 Å². The maximum atomic E-state index is 13.3. The van der Waals surface area contributed by atoms with Gasteiger partial charge in [-0.1, -0.05) is 6.92 Å². The van der Waals surface area contributed by atoms with Gasteiger partial charge in [-0.25, -0.2) is 8.78 Å². The molecule has 0 saturated heterocycles. The van der Waals surface area contributed by atoms with Crippen molar-refractivity contribution in [2.24, 2.45) is 5.92 Å². The van der Waals surface area contributed by atoms with Crippen LogP contribution in [0.5, 0.6) is 5.75 Å². The van der Waals surface area contributed by atoms with E-state index in [1.54, 1.807) is 0 Å². The molecule has 1 rings (SSSR count). The smallest absolute Gasteiger partial charge is 0.169 e. The first-order valence-electron chi connectivity index (χ1n) is 4.42. The zero-order chi connectivity index (χ0) is 11.4. The molecule has 0 aliphatic rings. The number of rotatable bonds is 4. The summed E-state index contributed by atoms with van der Waals surface area (Å²) in [5.41, 5.74) is 0. The molecule has 0 saturated carbocycles. The predicted molar refractivity (Wildman–Crippen MR) is 62.6 cm³/mol. The van der Waals surface area contributed by atoms with Gasteiger partial charge in [0.05, 0.1) is 11.1 Å². The van der Waals surface area contributed by atoms with E-state index in [2.05, 4.69) is 28.6 Å². The fourth-order valence-corrected chi connectivity index (χ4v) is 1.57. The molecule has 15 heavy (non-hydrogen) atoms. The van der Waals surface area contributed by atoms with Gasteiger partial charge in [0.1, 0.15) is 5.82 Å². The zero-order valence-electron chi connectivity index (χ0n) is 8.14. The molecule has 1 aromatic rings. The van der Waals surface area contributed by atoms with E-state index in [0.717, 1.165) is 6.07 Å². The molecule has 0 aromatic heterocycles. The highest BCUT2D eigenvalue weighted by molar-refractivity contribution is 9.10. The monoisotopic (exact) mass is 296 g/mol. The zero-order valence-corrected chi connectivity index (χ0v) is 10.6. The highest BCUT2D eigenvalue weighted by Gasteiger charge is 2.12. The topological polar surface area (TPSA) is 9.23 Å². The van der Waals surface area contributed by atoms with Gasteiger partial charge >= 0.3 is 0 Å². The van der Waals surface area contributed by atoms with Crippen molar-refractivity contribution in [2.45, 2.75) is 6.92 Å². The molecule has 1 nitrogen and oxygen atoms in total. The van der Waals surface area contributed by atoms with E-state index in [4.69, 9.17) is 4.74 Å². The summed E-state index contributed by atoms with van der Waals surface area (Å²) in [6, 6.07) is 1.97. The van der Waals surface area contributed by atoms with Crippen molar-refractivity contribution in [3.05, 3.63) is 28.2 Å². The Bertz CT molecular complexity index is 323. The molecule has 1 atom stereocenters. The summed E-state index contributed by atoms with van der Waals surface area (Å²) in [6.45, 7) is 2.28. The molecule has 0 fully saturated rings. The van der Waals surface area contributed by atoms with Crippen LogP contribution in [-0.4, -0.2) is 12.4 Å². The van der Waals surface area contributed by atoms with E-state index in [1.807, 2.05) is 6.92 Å². The first-order valence-corrected chi connectivity index (χ1v) is 5.85. The van der Waals surface area contributed by atoms with E-state index in [0.29, 0.717) is 12.4 Å². The lowest BCUT2D eigenvalue weighted by Crippen LogP contribution is -2.11. The van der Waals surface area contributed by atoms with Gasteiger partial charge in [-0.3, -0.25) is 0 Å². The standard InChI is InChI=1S/C10H11BrF2OS/c1-6(5-15)4-14-10-8(11)2-7(12)3-9(10)13/h2-3,6,15H,4-5H2,1H3. The van der Waals surface area contributed by atoms with Crippen molar-refractivity contribution >= 4 is 28.6 Å². The van der Waals surface area contributed by atoms with Gasteiger partial charge in [0, 0.05) is 6.07 Å². The molecule has 0 spiro atoms. The van der Waals surface area contributed by atoms with Crippen molar-refractivity contribution < 1.29 is 13.5 Å². The second-order valence-corrected chi connectivity index (χ2v) is 4.52. The molecule has 0 aliphatic heterocycles. The summed E-state index contributed by atoms with van der Waals surface area (Å²) >= 11 is 7.13. The van der Waals surface area contributed by atoms with Crippen molar-refractivity contribution in [3.8, 4) is 5.75 Å². The van der Waals surface area contributed by atoms with Crippen LogP contribution in [0, 0.1) is 17.6 Å². The minimum absolute atomic E-state index is 0.0463. The summed E-state index contributed by atoms with van der Waals surface area (Å²) in [6.07, 6.45) is 0. The summed E-state index contributed by atoms with van der Waals surface area (Å²) < 4.78 is 31.5. The van der Waals surface area contributed by atoms with Crippen molar-refractivity contribution in [2.75, 3.05) is 12.4 Å². The fraction of sp³-hybridized carbons (Fsp3) is 0.400. The van der Waals surface area contributed by atoms with Crippen LogP contribution in [0.15, 0.2) is 16.6 Å². The average Bonchev–Trinajstić information content (AvgIpc) is 2.15. The number of hydrogen-bond donors (Lipinski definition) is 1. The molecule has 0 amide bonds. The molecule has 5 heteroatoms. The summed E-state index contributed by atoms with van der Waals surface area (Å²) in [7, 11) is 0.